The highest BCUT2D eigenvalue weighted by atomic mass is 35.5. The molecular formula is C11H16ClNO2. The van der Waals surface area contributed by atoms with Crippen LogP contribution in [0.5, 0.6) is 5.75 Å². The standard InChI is InChI=1S/C11H16ClNO2/c12-9-4-5-11(10(13)8-9)15-7-3-1-2-6-14/h4-5,8,14H,1-3,6-7,13H2. The predicted octanol–water partition coefficient (Wildman–Crippen LogP) is 2.46. The van der Waals surface area contributed by atoms with Gasteiger partial charge in [0.15, 0.2) is 0 Å². The largest absolute Gasteiger partial charge is 0.491 e. The maximum absolute atomic E-state index is 8.58. The van der Waals surface area contributed by atoms with Crippen molar-refractivity contribution >= 4 is 17.3 Å². The summed E-state index contributed by atoms with van der Waals surface area (Å²) in [4.78, 5) is 0. The van der Waals surface area contributed by atoms with Crippen molar-refractivity contribution in [3.63, 3.8) is 0 Å². The third-order valence-corrected chi connectivity index (χ3v) is 2.27. The van der Waals surface area contributed by atoms with E-state index in [9.17, 15) is 0 Å². The van der Waals surface area contributed by atoms with Crippen molar-refractivity contribution in [1.82, 2.24) is 0 Å². The van der Waals surface area contributed by atoms with Crippen molar-refractivity contribution < 1.29 is 9.84 Å². The minimum Gasteiger partial charge on any atom is -0.491 e. The number of aliphatic hydroxyl groups is 1. The maximum atomic E-state index is 8.58. The molecule has 0 aliphatic carbocycles. The summed E-state index contributed by atoms with van der Waals surface area (Å²) >= 11 is 5.76. The molecule has 84 valence electrons. The zero-order chi connectivity index (χ0) is 11.1. The molecule has 0 saturated carbocycles. The second-order valence-electron chi connectivity index (χ2n) is 3.31. The van der Waals surface area contributed by atoms with Gasteiger partial charge in [0, 0.05) is 11.6 Å². The molecule has 0 amide bonds. The molecule has 0 heterocycles. The second-order valence-corrected chi connectivity index (χ2v) is 3.75. The van der Waals surface area contributed by atoms with E-state index in [4.69, 9.17) is 27.2 Å². The topological polar surface area (TPSA) is 55.5 Å². The van der Waals surface area contributed by atoms with Gasteiger partial charge in [0.25, 0.3) is 0 Å². The van der Waals surface area contributed by atoms with Gasteiger partial charge in [0.1, 0.15) is 5.75 Å². The lowest BCUT2D eigenvalue weighted by molar-refractivity contribution is 0.266. The van der Waals surface area contributed by atoms with Gasteiger partial charge in [-0.05, 0) is 37.5 Å². The van der Waals surface area contributed by atoms with Gasteiger partial charge in [-0.25, -0.2) is 0 Å². The first-order chi connectivity index (χ1) is 7.24. The molecule has 1 aromatic rings. The summed E-state index contributed by atoms with van der Waals surface area (Å²) in [5.74, 6) is 0.670. The zero-order valence-corrected chi connectivity index (χ0v) is 9.33. The van der Waals surface area contributed by atoms with Crippen molar-refractivity contribution in [2.24, 2.45) is 0 Å². The van der Waals surface area contributed by atoms with Gasteiger partial charge < -0.3 is 15.6 Å². The Hall–Kier alpha value is -0.930. The van der Waals surface area contributed by atoms with Crippen LogP contribution < -0.4 is 10.5 Å². The maximum Gasteiger partial charge on any atom is 0.142 e. The molecule has 4 heteroatoms. The van der Waals surface area contributed by atoms with Crippen LogP contribution in [0.1, 0.15) is 19.3 Å². The van der Waals surface area contributed by atoms with Gasteiger partial charge in [-0.3, -0.25) is 0 Å². The number of anilines is 1. The second kappa shape index (κ2) is 6.53. The minimum atomic E-state index is 0.239. The number of hydrogen-bond donors (Lipinski definition) is 2. The predicted molar refractivity (Wildman–Crippen MR) is 62.3 cm³/mol. The summed E-state index contributed by atoms with van der Waals surface area (Å²) < 4.78 is 5.47. The van der Waals surface area contributed by atoms with Gasteiger partial charge in [-0.2, -0.15) is 0 Å². The molecular weight excluding hydrogens is 214 g/mol. The zero-order valence-electron chi connectivity index (χ0n) is 8.58. The minimum absolute atomic E-state index is 0.239. The molecule has 0 fully saturated rings. The lowest BCUT2D eigenvalue weighted by atomic mass is 10.2. The Balaban J connectivity index is 2.31. The fraction of sp³-hybridized carbons (Fsp3) is 0.455. The average molecular weight is 230 g/mol. The average Bonchev–Trinajstić information content (AvgIpc) is 2.20. The highest BCUT2D eigenvalue weighted by Crippen LogP contribution is 2.24. The summed E-state index contributed by atoms with van der Waals surface area (Å²) in [6.07, 6.45) is 2.70. The SMILES string of the molecule is Nc1cc(Cl)ccc1OCCCCCO. The number of benzene rings is 1. The number of hydrogen-bond acceptors (Lipinski definition) is 3. The normalized spacial score (nSPS) is 10.3. The van der Waals surface area contributed by atoms with E-state index < -0.39 is 0 Å². The number of aliphatic hydroxyl groups excluding tert-OH is 1. The molecule has 0 aliphatic heterocycles. The van der Waals surface area contributed by atoms with E-state index in [0.29, 0.717) is 23.1 Å². The van der Waals surface area contributed by atoms with E-state index in [1.54, 1.807) is 18.2 Å². The fourth-order valence-corrected chi connectivity index (χ4v) is 1.40. The molecule has 3 N–H and O–H groups in total. The number of nitrogen functional groups attached to an aromatic ring is 1. The molecule has 0 aliphatic rings. The van der Waals surface area contributed by atoms with Crippen LogP contribution in [0.3, 0.4) is 0 Å². The number of nitrogens with two attached hydrogens (primary N) is 1. The van der Waals surface area contributed by atoms with Crippen LogP contribution in [0.2, 0.25) is 5.02 Å². The van der Waals surface area contributed by atoms with Crippen LogP contribution >= 0.6 is 11.6 Å². The Morgan fingerprint density at radius 3 is 2.73 bits per heavy atom. The summed E-state index contributed by atoms with van der Waals surface area (Å²) in [6.45, 7) is 0.856. The van der Waals surface area contributed by atoms with E-state index in [-0.39, 0.29) is 6.61 Å². The van der Waals surface area contributed by atoms with Crippen molar-refractivity contribution in [1.29, 1.82) is 0 Å². The molecule has 0 spiro atoms. The summed E-state index contributed by atoms with van der Waals surface area (Å²) in [7, 11) is 0. The molecule has 0 atom stereocenters. The van der Waals surface area contributed by atoms with Crippen LogP contribution in [0, 0.1) is 0 Å². The van der Waals surface area contributed by atoms with Crippen LogP contribution in [0.25, 0.3) is 0 Å². The summed E-state index contributed by atoms with van der Waals surface area (Å²) in [5, 5.41) is 9.19. The highest BCUT2D eigenvalue weighted by Gasteiger charge is 2.00. The lowest BCUT2D eigenvalue weighted by Gasteiger charge is -2.08. The molecule has 15 heavy (non-hydrogen) atoms. The van der Waals surface area contributed by atoms with Gasteiger partial charge >= 0.3 is 0 Å². The van der Waals surface area contributed by atoms with Crippen molar-refractivity contribution in [3.05, 3.63) is 23.2 Å². The Bertz CT molecular complexity index is 305. The summed E-state index contributed by atoms with van der Waals surface area (Å²) in [6, 6.07) is 5.19. The Kier molecular flexibility index (Phi) is 5.29. The molecule has 1 rings (SSSR count). The van der Waals surface area contributed by atoms with E-state index >= 15 is 0 Å². The van der Waals surface area contributed by atoms with Crippen molar-refractivity contribution in [2.75, 3.05) is 18.9 Å². The van der Waals surface area contributed by atoms with E-state index in [1.807, 2.05) is 0 Å². The van der Waals surface area contributed by atoms with Crippen molar-refractivity contribution in [3.8, 4) is 5.75 Å². The third-order valence-electron chi connectivity index (χ3n) is 2.03. The monoisotopic (exact) mass is 229 g/mol. The van der Waals surface area contributed by atoms with Crippen LogP contribution in [0.4, 0.5) is 5.69 Å². The first-order valence-electron chi connectivity index (χ1n) is 5.02. The molecule has 0 aromatic heterocycles. The molecule has 0 saturated heterocycles. The van der Waals surface area contributed by atoms with Gasteiger partial charge in [0.2, 0.25) is 0 Å². The molecule has 3 nitrogen and oxygen atoms in total. The number of ether oxygens (including phenoxy) is 1. The Morgan fingerprint density at radius 1 is 1.27 bits per heavy atom. The highest BCUT2D eigenvalue weighted by molar-refractivity contribution is 6.30. The third kappa shape index (κ3) is 4.40. The van der Waals surface area contributed by atoms with E-state index in [2.05, 4.69) is 0 Å². The Labute approximate surface area is 94.8 Å². The van der Waals surface area contributed by atoms with Crippen LogP contribution in [-0.2, 0) is 0 Å². The summed E-state index contributed by atoms with van der Waals surface area (Å²) in [5.41, 5.74) is 6.27. The smallest absolute Gasteiger partial charge is 0.142 e. The van der Waals surface area contributed by atoms with Gasteiger partial charge in [-0.15, -0.1) is 0 Å². The fourth-order valence-electron chi connectivity index (χ4n) is 1.22. The molecule has 0 unspecified atom stereocenters. The molecule has 0 radical (unpaired) electrons. The molecule has 1 aromatic carbocycles. The van der Waals surface area contributed by atoms with Crippen molar-refractivity contribution in [2.45, 2.75) is 19.3 Å². The van der Waals surface area contributed by atoms with Gasteiger partial charge in [-0.1, -0.05) is 11.6 Å². The number of halogens is 1. The lowest BCUT2D eigenvalue weighted by Crippen LogP contribution is -2.00. The van der Waals surface area contributed by atoms with E-state index in [1.165, 1.54) is 0 Å². The van der Waals surface area contributed by atoms with Crippen LogP contribution in [0.15, 0.2) is 18.2 Å². The number of unbranched alkanes of at least 4 members (excludes halogenated alkanes) is 2. The quantitative estimate of drug-likeness (QED) is 0.582. The molecule has 0 bridgehead atoms. The number of rotatable bonds is 6. The Morgan fingerprint density at radius 2 is 2.07 bits per heavy atom. The van der Waals surface area contributed by atoms with E-state index in [0.717, 1.165) is 19.3 Å². The first-order valence-corrected chi connectivity index (χ1v) is 5.40. The van der Waals surface area contributed by atoms with Gasteiger partial charge in [0.05, 0.1) is 12.3 Å². The van der Waals surface area contributed by atoms with Crippen LogP contribution in [-0.4, -0.2) is 18.3 Å². The first kappa shape index (κ1) is 12.1.